The number of nitrogens with one attached hydrogen (secondary N) is 2. The minimum atomic E-state index is -0.454. The third kappa shape index (κ3) is 4.99. The maximum atomic E-state index is 12.4. The van der Waals surface area contributed by atoms with E-state index in [9.17, 15) is 9.59 Å². The van der Waals surface area contributed by atoms with E-state index < -0.39 is 5.91 Å². The van der Waals surface area contributed by atoms with Gasteiger partial charge >= 0.3 is 0 Å². The van der Waals surface area contributed by atoms with Crippen LogP contribution < -0.4 is 24.8 Å². The van der Waals surface area contributed by atoms with E-state index in [1.165, 1.54) is 27.4 Å². The van der Waals surface area contributed by atoms with E-state index in [4.69, 9.17) is 37.4 Å². The molecule has 0 aliphatic rings. The van der Waals surface area contributed by atoms with Gasteiger partial charge in [-0.25, -0.2) is 0 Å². The SMILES string of the molecule is COc1ccc(C(=O)NCCNC(=O)c2c(Cl)ccc(Cl)c2OC)cc1OC. The summed E-state index contributed by atoms with van der Waals surface area (Å²) < 4.78 is 15.5. The smallest absolute Gasteiger partial charge is 0.256 e. The summed E-state index contributed by atoms with van der Waals surface area (Å²) in [5.74, 6) is 0.407. The summed E-state index contributed by atoms with van der Waals surface area (Å²) in [6, 6.07) is 7.89. The van der Waals surface area contributed by atoms with E-state index in [0.717, 1.165) is 0 Å². The predicted octanol–water partition coefficient (Wildman–Crippen LogP) is 3.18. The molecule has 0 aliphatic carbocycles. The highest BCUT2D eigenvalue weighted by Gasteiger charge is 2.19. The average molecular weight is 427 g/mol. The van der Waals surface area contributed by atoms with Crippen LogP contribution in [0.1, 0.15) is 20.7 Å². The molecule has 2 rings (SSSR count). The quantitative estimate of drug-likeness (QED) is 0.633. The van der Waals surface area contributed by atoms with E-state index in [-0.39, 0.29) is 40.4 Å². The lowest BCUT2D eigenvalue weighted by molar-refractivity contribution is 0.0926. The van der Waals surface area contributed by atoms with E-state index >= 15 is 0 Å². The summed E-state index contributed by atoms with van der Waals surface area (Å²) in [6.07, 6.45) is 0. The molecule has 0 atom stereocenters. The maximum Gasteiger partial charge on any atom is 0.256 e. The Bertz CT molecular complexity index is 874. The number of benzene rings is 2. The molecule has 0 bridgehead atoms. The zero-order valence-corrected chi connectivity index (χ0v) is 17.1. The lowest BCUT2D eigenvalue weighted by atomic mass is 10.2. The van der Waals surface area contributed by atoms with Crippen molar-refractivity contribution in [1.82, 2.24) is 10.6 Å². The van der Waals surface area contributed by atoms with Crippen molar-refractivity contribution in [1.29, 1.82) is 0 Å². The molecule has 150 valence electrons. The largest absolute Gasteiger partial charge is 0.494 e. The highest BCUT2D eigenvalue weighted by Crippen LogP contribution is 2.33. The molecule has 0 fully saturated rings. The van der Waals surface area contributed by atoms with E-state index in [0.29, 0.717) is 17.1 Å². The van der Waals surface area contributed by atoms with E-state index in [1.807, 2.05) is 0 Å². The molecule has 0 radical (unpaired) electrons. The fourth-order valence-corrected chi connectivity index (χ4v) is 2.93. The van der Waals surface area contributed by atoms with Gasteiger partial charge in [-0.05, 0) is 30.3 Å². The Hall–Kier alpha value is -2.64. The molecule has 2 amide bonds. The maximum absolute atomic E-state index is 12.4. The van der Waals surface area contributed by atoms with E-state index in [2.05, 4.69) is 10.6 Å². The molecular formula is C19H20Cl2N2O5. The lowest BCUT2D eigenvalue weighted by Crippen LogP contribution is -2.35. The van der Waals surface area contributed by atoms with Crippen LogP contribution in [0.2, 0.25) is 10.0 Å². The number of amides is 2. The molecule has 2 aromatic carbocycles. The van der Waals surface area contributed by atoms with Crippen molar-refractivity contribution in [2.75, 3.05) is 34.4 Å². The molecule has 0 spiro atoms. The summed E-state index contributed by atoms with van der Waals surface area (Å²) in [5, 5.41) is 5.87. The van der Waals surface area contributed by atoms with Gasteiger partial charge in [0.2, 0.25) is 0 Å². The van der Waals surface area contributed by atoms with Gasteiger partial charge in [0, 0.05) is 18.7 Å². The number of carbonyl (C=O) groups is 2. The van der Waals surface area contributed by atoms with Crippen LogP contribution in [0.4, 0.5) is 0 Å². The normalized spacial score (nSPS) is 10.2. The molecule has 2 aromatic rings. The molecule has 28 heavy (non-hydrogen) atoms. The van der Waals surface area contributed by atoms with Crippen molar-refractivity contribution < 1.29 is 23.8 Å². The second kappa shape index (κ2) is 10.1. The summed E-state index contributed by atoms with van der Waals surface area (Å²) in [5.41, 5.74) is 0.548. The van der Waals surface area contributed by atoms with Gasteiger partial charge in [-0.2, -0.15) is 0 Å². The molecule has 2 N–H and O–H groups in total. The van der Waals surface area contributed by atoms with Gasteiger partial charge < -0.3 is 24.8 Å². The first-order valence-electron chi connectivity index (χ1n) is 8.23. The van der Waals surface area contributed by atoms with Crippen LogP contribution in [-0.4, -0.2) is 46.2 Å². The topological polar surface area (TPSA) is 85.9 Å². The Balaban J connectivity index is 1.94. The summed E-state index contributed by atoms with van der Waals surface area (Å²) in [4.78, 5) is 24.6. The molecule has 9 heteroatoms. The zero-order valence-electron chi connectivity index (χ0n) is 15.6. The Morgan fingerprint density at radius 2 is 1.43 bits per heavy atom. The first kappa shape index (κ1) is 21.7. The fraction of sp³-hybridized carbons (Fsp3) is 0.263. The standard InChI is InChI=1S/C19H20Cl2N2O5/c1-26-14-7-4-11(10-15(14)27-2)18(24)22-8-9-23-19(25)16-12(20)5-6-13(21)17(16)28-3/h4-7,10H,8-9H2,1-3H3,(H,22,24)(H,23,25). The van der Waals surface area contributed by atoms with Crippen molar-refractivity contribution in [3.63, 3.8) is 0 Å². The summed E-state index contributed by atoms with van der Waals surface area (Å²) >= 11 is 12.1. The Labute approximate surface area is 172 Å². The van der Waals surface area contributed by atoms with Crippen molar-refractivity contribution in [2.45, 2.75) is 0 Å². The van der Waals surface area contributed by atoms with Crippen LogP contribution in [-0.2, 0) is 0 Å². The third-order valence-electron chi connectivity index (χ3n) is 3.83. The van der Waals surface area contributed by atoms with Crippen molar-refractivity contribution in [3.8, 4) is 17.2 Å². The molecule has 0 aromatic heterocycles. The molecule has 0 saturated heterocycles. The number of hydrogen-bond donors (Lipinski definition) is 2. The fourth-order valence-electron chi connectivity index (χ4n) is 2.46. The monoisotopic (exact) mass is 426 g/mol. The summed E-state index contributed by atoms with van der Waals surface area (Å²) in [7, 11) is 4.41. The summed E-state index contributed by atoms with van der Waals surface area (Å²) in [6.45, 7) is 0.392. The minimum absolute atomic E-state index is 0.142. The van der Waals surface area contributed by atoms with Gasteiger partial charge in [0.05, 0.1) is 31.4 Å². The van der Waals surface area contributed by atoms with Crippen molar-refractivity contribution in [3.05, 3.63) is 51.5 Å². The van der Waals surface area contributed by atoms with E-state index in [1.54, 1.807) is 24.3 Å². The van der Waals surface area contributed by atoms with Gasteiger partial charge in [-0.1, -0.05) is 23.2 Å². The van der Waals surface area contributed by atoms with Gasteiger partial charge in [-0.15, -0.1) is 0 Å². The van der Waals surface area contributed by atoms with Crippen molar-refractivity contribution in [2.24, 2.45) is 0 Å². The highest BCUT2D eigenvalue weighted by molar-refractivity contribution is 6.37. The highest BCUT2D eigenvalue weighted by atomic mass is 35.5. The van der Waals surface area contributed by atoms with Crippen molar-refractivity contribution >= 4 is 35.0 Å². The number of hydrogen-bond acceptors (Lipinski definition) is 5. The van der Waals surface area contributed by atoms with Crippen LogP contribution in [0.15, 0.2) is 30.3 Å². The molecule has 0 unspecified atom stereocenters. The minimum Gasteiger partial charge on any atom is -0.494 e. The zero-order chi connectivity index (χ0) is 20.7. The second-order valence-electron chi connectivity index (χ2n) is 5.52. The van der Waals surface area contributed by atoms with Gasteiger partial charge in [0.1, 0.15) is 5.56 Å². The number of ether oxygens (including phenoxy) is 3. The van der Waals surface area contributed by atoms with Crippen LogP contribution in [0, 0.1) is 0 Å². The number of halogens is 2. The number of carbonyl (C=O) groups excluding carboxylic acids is 2. The number of methoxy groups -OCH3 is 3. The third-order valence-corrected chi connectivity index (χ3v) is 4.44. The van der Waals surface area contributed by atoms with Crippen LogP contribution in [0.5, 0.6) is 17.2 Å². The first-order chi connectivity index (χ1) is 13.4. The molecule has 0 saturated carbocycles. The Morgan fingerprint density at radius 3 is 2.04 bits per heavy atom. The van der Waals surface area contributed by atoms with Crippen LogP contribution >= 0.6 is 23.2 Å². The van der Waals surface area contributed by atoms with Gasteiger partial charge in [0.15, 0.2) is 17.2 Å². The van der Waals surface area contributed by atoms with Gasteiger partial charge in [0.25, 0.3) is 11.8 Å². The van der Waals surface area contributed by atoms with Crippen LogP contribution in [0.25, 0.3) is 0 Å². The average Bonchev–Trinajstić information content (AvgIpc) is 2.71. The first-order valence-corrected chi connectivity index (χ1v) is 8.99. The van der Waals surface area contributed by atoms with Gasteiger partial charge in [-0.3, -0.25) is 9.59 Å². The molecule has 0 heterocycles. The predicted molar refractivity (Wildman–Crippen MR) is 107 cm³/mol. The molecule has 0 aliphatic heterocycles. The lowest BCUT2D eigenvalue weighted by Gasteiger charge is -2.13. The second-order valence-corrected chi connectivity index (χ2v) is 6.33. The number of rotatable bonds is 8. The molecule has 7 nitrogen and oxygen atoms in total. The molecular weight excluding hydrogens is 407 g/mol. The Morgan fingerprint density at radius 1 is 0.821 bits per heavy atom. The van der Waals surface area contributed by atoms with Crippen LogP contribution in [0.3, 0.4) is 0 Å². The Kier molecular flexibility index (Phi) is 7.78.